The van der Waals surface area contributed by atoms with Gasteiger partial charge in [0.25, 0.3) is 0 Å². The van der Waals surface area contributed by atoms with Crippen LogP contribution in [-0.2, 0) is 36.9 Å². The Hall–Kier alpha value is -2.64. The van der Waals surface area contributed by atoms with E-state index in [1.54, 1.807) is 0 Å². The summed E-state index contributed by atoms with van der Waals surface area (Å²) in [6, 6.07) is 4.69. The Labute approximate surface area is 172 Å². The number of amides is 1. The molecule has 0 spiro atoms. The summed E-state index contributed by atoms with van der Waals surface area (Å²) in [6.07, 6.45) is 1.80. The van der Waals surface area contributed by atoms with Crippen molar-refractivity contribution in [2.75, 3.05) is 18.0 Å². The molecule has 8 heteroatoms. The van der Waals surface area contributed by atoms with E-state index < -0.39 is 11.9 Å². The molecule has 30 heavy (non-hydrogen) atoms. The molecule has 4 heterocycles. The first kappa shape index (κ1) is 19.3. The zero-order valence-corrected chi connectivity index (χ0v) is 16.6. The standard InChI is InChI=1S/C22H23F3N4O/c23-22(24,25)20-6-5-17(9-26-20)28-10-14(11-28)7-21(30)29-12-16-8-15-3-1-2-4-18(15)27-19(16)13-29/h5-6,8-9,14H,1-4,7,10-13H2. The average molecular weight is 416 g/mol. The fourth-order valence-corrected chi connectivity index (χ4v) is 4.64. The number of aromatic nitrogens is 2. The third-order valence-electron chi connectivity index (χ3n) is 6.35. The van der Waals surface area contributed by atoms with Crippen molar-refractivity contribution in [1.82, 2.24) is 14.9 Å². The number of alkyl halides is 3. The Kier molecular flexibility index (Phi) is 4.67. The van der Waals surface area contributed by atoms with Crippen LogP contribution in [0.2, 0.25) is 0 Å². The molecule has 2 aliphatic heterocycles. The number of nitrogens with zero attached hydrogens (tertiary/aromatic N) is 4. The van der Waals surface area contributed by atoms with Crippen molar-refractivity contribution >= 4 is 11.6 Å². The molecule has 1 amide bonds. The summed E-state index contributed by atoms with van der Waals surface area (Å²) in [5, 5.41) is 0. The maximum atomic E-state index is 12.8. The summed E-state index contributed by atoms with van der Waals surface area (Å²) in [4.78, 5) is 25.0. The highest BCUT2D eigenvalue weighted by molar-refractivity contribution is 5.77. The summed E-state index contributed by atoms with van der Waals surface area (Å²) < 4.78 is 37.9. The number of aryl methyl sites for hydroxylation is 2. The van der Waals surface area contributed by atoms with Crippen molar-refractivity contribution in [1.29, 1.82) is 0 Å². The zero-order valence-electron chi connectivity index (χ0n) is 16.6. The summed E-state index contributed by atoms with van der Waals surface area (Å²) in [5.41, 5.74) is 4.53. The van der Waals surface area contributed by atoms with Gasteiger partial charge in [0.2, 0.25) is 5.91 Å². The third kappa shape index (κ3) is 3.63. The van der Waals surface area contributed by atoms with E-state index in [-0.39, 0.29) is 11.8 Å². The van der Waals surface area contributed by atoms with Crippen molar-refractivity contribution in [2.24, 2.45) is 5.92 Å². The number of carbonyl (C=O) groups excluding carboxylic acids is 1. The highest BCUT2D eigenvalue weighted by Gasteiger charge is 2.35. The third-order valence-corrected chi connectivity index (χ3v) is 6.35. The first-order chi connectivity index (χ1) is 14.4. The molecular formula is C22H23F3N4O. The molecular weight excluding hydrogens is 393 g/mol. The topological polar surface area (TPSA) is 49.3 Å². The highest BCUT2D eigenvalue weighted by Crippen LogP contribution is 2.32. The van der Waals surface area contributed by atoms with Crippen LogP contribution in [0.4, 0.5) is 18.9 Å². The highest BCUT2D eigenvalue weighted by atomic mass is 19.4. The first-order valence-electron chi connectivity index (χ1n) is 10.4. The summed E-state index contributed by atoms with van der Waals surface area (Å²) in [6.45, 7) is 2.53. The van der Waals surface area contributed by atoms with Gasteiger partial charge in [-0.1, -0.05) is 6.07 Å². The molecule has 1 saturated heterocycles. The molecule has 0 bridgehead atoms. The molecule has 0 aromatic carbocycles. The number of rotatable bonds is 3. The van der Waals surface area contributed by atoms with E-state index in [1.165, 1.54) is 41.9 Å². The molecule has 3 aliphatic rings. The second-order valence-corrected chi connectivity index (χ2v) is 8.53. The molecule has 0 saturated carbocycles. The number of carbonyl (C=O) groups is 1. The molecule has 2 aromatic heterocycles. The lowest BCUT2D eigenvalue weighted by molar-refractivity contribution is -0.141. The Balaban J connectivity index is 1.15. The molecule has 0 N–H and O–H groups in total. The van der Waals surface area contributed by atoms with E-state index in [0.29, 0.717) is 38.3 Å². The lowest BCUT2D eigenvalue weighted by atomic mass is 9.94. The van der Waals surface area contributed by atoms with Gasteiger partial charge in [-0.3, -0.25) is 9.78 Å². The van der Waals surface area contributed by atoms with Gasteiger partial charge in [-0.15, -0.1) is 0 Å². The molecule has 0 unspecified atom stereocenters. The van der Waals surface area contributed by atoms with Crippen molar-refractivity contribution < 1.29 is 18.0 Å². The molecule has 5 nitrogen and oxygen atoms in total. The molecule has 5 rings (SSSR count). The van der Waals surface area contributed by atoms with Crippen molar-refractivity contribution in [3.05, 3.63) is 52.6 Å². The van der Waals surface area contributed by atoms with E-state index in [2.05, 4.69) is 11.1 Å². The Morgan fingerprint density at radius 1 is 1.07 bits per heavy atom. The van der Waals surface area contributed by atoms with Crippen LogP contribution in [0.1, 0.15) is 47.5 Å². The van der Waals surface area contributed by atoms with Crippen LogP contribution in [0.3, 0.4) is 0 Å². The molecule has 158 valence electrons. The van der Waals surface area contributed by atoms with Crippen LogP contribution in [-0.4, -0.2) is 33.9 Å². The molecule has 0 atom stereocenters. The maximum absolute atomic E-state index is 12.8. The molecule has 0 radical (unpaired) electrons. The fraction of sp³-hybridized carbons (Fsp3) is 0.500. The van der Waals surface area contributed by atoms with Gasteiger partial charge in [0.1, 0.15) is 5.69 Å². The Morgan fingerprint density at radius 2 is 1.87 bits per heavy atom. The lowest BCUT2D eigenvalue weighted by Crippen LogP contribution is -2.48. The van der Waals surface area contributed by atoms with Crippen LogP contribution in [0, 0.1) is 5.92 Å². The van der Waals surface area contributed by atoms with Crippen LogP contribution < -0.4 is 4.90 Å². The van der Waals surface area contributed by atoms with Gasteiger partial charge >= 0.3 is 6.18 Å². The Morgan fingerprint density at radius 3 is 2.60 bits per heavy atom. The summed E-state index contributed by atoms with van der Waals surface area (Å²) >= 11 is 0. The number of anilines is 1. The van der Waals surface area contributed by atoms with Crippen LogP contribution in [0.5, 0.6) is 0 Å². The lowest BCUT2D eigenvalue weighted by Gasteiger charge is -2.41. The molecule has 2 aromatic rings. The smallest absolute Gasteiger partial charge is 0.370 e. The monoisotopic (exact) mass is 416 g/mol. The van der Waals surface area contributed by atoms with E-state index >= 15 is 0 Å². The Bertz CT molecular complexity index is 933. The van der Waals surface area contributed by atoms with Crippen LogP contribution in [0.25, 0.3) is 0 Å². The number of hydrogen-bond donors (Lipinski definition) is 0. The van der Waals surface area contributed by atoms with E-state index in [4.69, 9.17) is 4.98 Å². The fourth-order valence-electron chi connectivity index (χ4n) is 4.64. The predicted molar refractivity (Wildman–Crippen MR) is 105 cm³/mol. The van der Waals surface area contributed by atoms with E-state index in [9.17, 15) is 18.0 Å². The number of hydrogen-bond acceptors (Lipinski definition) is 4. The second kappa shape index (κ2) is 7.25. The largest absolute Gasteiger partial charge is 0.433 e. The van der Waals surface area contributed by atoms with Crippen molar-refractivity contribution in [3.8, 4) is 0 Å². The minimum atomic E-state index is -4.43. The van der Waals surface area contributed by atoms with Crippen LogP contribution in [0.15, 0.2) is 24.4 Å². The van der Waals surface area contributed by atoms with Gasteiger partial charge in [0.05, 0.1) is 24.1 Å². The minimum Gasteiger partial charge on any atom is -0.370 e. The van der Waals surface area contributed by atoms with Gasteiger partial charge < -0.3 is 9.80 Å². The summed E-state index contributed by atoms with van der Waals surface area (Å²) in [7, 11) is 0. The number of halogens is 3. The maximum Gasteiger partial charge on any atom is 0.433 e. The van der Waals surface area contributed by atoms with E-state index in [1.807, 2.05) is 9.80 Å². The van der Waals surface area contributed by atoms with E-state index in [0.717, 1.165) is 24.6 Å². The van der Waals surface area contributed by atoms with Gasteiger partial charge in [0.15, 0.2) is 0 Å². The van der Waals surface area contributed by atoms with Crippen molar-refractivity contribution in [2.45, 2.75) is 51.4 Å². The predicted octanol–water partition coefficient (Wildman–Crippen LogP) is 3.74. The van der Waals surface area contributed by atoms with Gasteiger partial charge in [-0.2, -0.15) is 13.2 Å². The van der Waals surface area contributed by atoms with Crippen molar-refractivity contribution in [3.63, 3.8) is 0 Å². The minimum absolute atomic E-state index is 0.126. The zero-order chi connectivity index (χ0) is 20.9. The van der Waals surface area contributed by atoms with Crippen LogP contribution >= 0.6 is 0 Å². The molecule has 1 fully saturated rings. The normalized spacial score (nSPS) is 18.8. The quantitative estimate of drug-likeness (QED) is 0.765. The van der Waals surface area contributed by atoms with Gasteiger partial charge in [-0.05, 0) is 48.9 Å². The summed E-state index contributed by atoms with van der Waals surface area (Å²) in [5.74, 6) is 0.339. The first-order valence-corrected chi connectivity index (χ1v) is 10.4. The second-order valence-electron chi connectivity index (χ2n) is 8.53. The number of pyridine rings is 2. The van der Waals surface area contributed by atoms with Gasteiger partial charge in [0, 0.05) is 37.7 Å². The average Bonchev–Trinajstić information content (AvgIpc) is 3.11. The van der Waals surface area contributed by atoms with Gasteiger partial charge in [-0.25, -0.2) is 4.98 Å². The number of fused-ring (bicyclic) bond motifs is 2. The SMILES string of the molecule is O=C(CC1CN(c2ccc(C(F)(F)F)nc2)C1)N1Cc2cc3c(nc2C1)CCCC3. The molecule has 1 aliphatic carbocycles.